The molecule has 0 fully saturated rings. The lowest BCUT2D eigenvalue weighted by molar-refractivity contribution is 0.0600. The molecule has 30 heavy (non-hydrogen) atoms. The smallest absolute Gasteiger partial charge is 0.337 e. The lowest BCUT2D eigenvalue weighted by Gasteiger charge is -2.15. The van der Waals surface area contributed by atoms with Gasteiger partial charge in [0.1, 0.15) is 17.2 Å². The molecule has 0 unspecified atom stereocenters. The Morgan fingerprint density at radius 2 is 1.80 bits per heavy atom. The van der Waals surface area contributed by atoms with Crippen molar-refractivity contribution in [3.63, 3.8) is 0 Å². The van der Waals surface area contributed by atoms with Crippen molar-refractivity contribution in [2.75, 3.05) is 7.11 Å². The van der Waals surface area contributed by atoms with Crippen molar-refractivity contribution in [1.82, 2.24) is 9.78 Å². The molecule has 5 nitrogen and oxygen atoms in total. The molecule has 1 aromatic heterocycles. The van der Waals surface area contributed by atoms with Crippen LogP contribution in [-0.4, -0.2) is 28.6 Å². The zero-order valence-corrected chi connectivity index (χ0v) is 17.6. The van der Waals surface area contributed by atoms with Gasteiger partial charge < -0.3 is 4.74 Å². The maximum Gasteiger partial charge on any atom is 0.337 e. The van der Waals surface area contributed by atoms with E-state index in [0.29, 0.717) is 12.8 Å². The number of aromatic nitrogens is 2. The van der Waals surface area contributed by atoms with Gasteiger partial charge >= 0.3 is 5.97 Å². The van der Waals surface area contributed by atoms with Crippen LogP contribution in [0.5, 0.6) is 0 Å². The van der Waals surface area contributed by atoms with E-state index >= 15 is 0 Å². The Bertz CT molecular complexity index is 1150. The second-order valence-electron chi connectivity index (χ2n) is 6.98. The van der Waals surface area contributed by atoms with Gasteiger partial charge in [0.15, 0.2) is 0 Å². The molecular formula is C22H17Cl2FN2O3. The number of halogens is 3. The van der Waals surface area contributed by atoms with Crippen LogP contribution in [0.2, 0.25) is 10.0 Å². The number of esters is 1. The highest BCUT2D eigenvalue weighted by Gasteiger charge is 2.29. The number of rotatable bonds is 4. The van der Waals surface area contributed by atoms with Crippen LogP contribution in [0.1, 0.15) is 50.5 Å². The summed E-state index contributed by atoms with van der Waals surface area (Å²) in [5.41, 5.74) is 2.21. The number of fused-ring (bicyclic) bond motifs is 1. The fourth-order valence-corrected chi connectivity index (χ4v) is 4.31. The van der Waals surface area contributed by atoms with E-state index in [2.05, 4.69) is 9.84 Å². The number of hydrogen-bond acceptors (Lipinski definition) is 4. The van der Waals surface area contributed by atoms with Crippen molar-refractivity contribution in [2.45, 2.75) is 25.7 Å². The third-order valence-corrected chi connectivity index (χ3v) is 5.81. The van der Waals surface area contributed by atoms with Crippen LogP contribution < -0.4 is 0 Å². The van der Waals surface area contributed by atoms with Crippen LogP contribution in [-0.2, 0) is 17.6 Å². The van der Waals surface area contributed by atoms with Crippen LogP contribution >= 0.6 is 23.2 Å². The summed E-state index contributed by atoms with van der Waals surface area (Å²) in [6, 6.07) is 8.87. The van der Waals surface area contributed by atoms with Gasteiger partial charge in [-0.3, -0.25) is 4.79 Å². The fraction of sp³-hybridized carbons (Fsp3) is 0.227. The maximum atomic E-state index is 14.9. The quantitative estimate of drug-likeness (QED) is 0.407. The average Bonchev–Trinajstić information content (AvgIpc) is 3.12. The van der Waals surface area contributed by atoms with Gasteiger partial charge in [-0.25, -0.2) is 13.9 Å². The van der Waals surface area contributed by atoms with Gasteiger partial charge in [-0.2, -0.15) is 5.10 Å². The molecule has 1 aliphatic rings. The molecule has 0 saturated heterocycles. The molecule has 0 aliphatic heterocycles. The van der Waals surface area contributed by atoms with Gasteiger partial charge in [0.25, 0.3) is 0 Å². The van der Waals surface area contributed by atoms with E-state index in [9.17, 15) is 14.0 Å². The van der Waals surface area contributed by atoms with Crippen LogP contribution in [0.25, 0.3) is 5.69 Å². The van der Waals surface area contributed by atoms with E-state index in [-0.39, 0.29) is 32.6 Å². The van der Waals surface area contributed by atoms with Gasteiger partial charge in [-0.05, 0) is 56.0 Å². The van der Waals surface area contributed by atoms with Gasteiger partial charge in [0.2, 0.25) is 5.78 Å². The summed E-state index contributed by atoms with van der Waals surface area (Å²) in [5, 5.41) is 4.94. The van der Waals surface area contributed by atoms with E-state index in [4.69, 9.17) is 23.2 Å². The molecule has 0 bridgehead atoms. The minimum Gasteiger partial charge on any atom is -0.465 e. The lowest BCUT2D eigenvalue weighted by Crippen LogP contribution is -2.10. The molecule has 0 saturated carbocycles. The number of nitrogens with zero attached hydrogens (tertiary/aromatic N) is 2. The topological polar surface area (TPSA) is 61.2 Å². The van der Waals surface area contributed by atoms with Crippen molar-refractivity contribution >= 4 is 35.0 Å². The number of carbonyl (C=O) groups is 2. The summed E-state index contributed by atoms with van der Waals surface area (Å²) in [5.74, 6) is -1.66. The van der Waals surface area contributed by atoms with Crippen molar-refractivity contribution in [2.24, 2.45) is 0 Å². The first kappa shape index (κ1) is 20.6. The van der Waals surface area contributed by atoms with Gasteiger partial charge in [-0.1, -0.05) is 29.3 Å². The van der Waals surface area contributed by atoms with Crippen LogP contribution in [0.15, 0.2) is 36.4 Å². The highest BCUT2D eigenvalue weighted by molar-refractivity contribution is 6.40. The molecule has 1 aliphatic carbocycles. The van der Waals surface area contributed by atoms with Crippen molar-refractivity contribution in [3.8, 4) is 5.69 Å². The molecule has 1 heterocycles. The molecule has 0 N–H and O–H groups in total. The number of ether oxygens (including phenoxy) is 1. The third kappa shape index (κ3) is 3.50. The summed E-state index contributed by atoms with van der Waals surface area (Å²) >= 11 is 12.4. The number of hydrogen-bond donors (Lipinski definition) is 0. The summed E-state index contributed by atoms with van der Waals surface area (Å²) in [7, 11) is 1.23. The number of benzene rings is 2. The second kappa shape index (κ2) is 8.20. The van der Waals surface area contributed by atoms with Crippen LogP contribution in [0.3, 0.4) is 0 Å². The van der Waals surface area contributed by atoms with Crippen molar-refractivity contribution < 1.29 is 18.7 Å². The molecular weight excluding hydrogens is 430 g/mol. The van der Waals surface area contributed by atoms with E-state index in [0.717, 1.165) is 30.2 Å². The average molecular weight is 447 g/mol. The van der Waals surface area contributed by atoms with Crippen molar-refractivity contribution in [1.29, 1.82) is 0 Å². The Morgan fingerprint density at radius 1 is 1.10 bits per heavy atom. The highest BCUT2D eigenvalue weighted by Crippen LogP contribution is 2.32. The molecule has 0 atom stereocenters. The Labute approximate surface area is 182 Å². The summed E-state index contributed by atoms with van der Waals surface area (Å²) < 4.78 is 21.0. The molecule has 0 spiro atoms. The van der Waals surface area contributed by atoms with E-state index < -0.39 is 17.6 Å². The molecule has 0 radical (unpaired) electrons. The monoisotopic (exact) mass is 446 g/mol. The van der Waals surface area contributed by atoms with E-state index in [1.807, 2.05) is 0 Å². The predicted octanol–water partition coefficient (Wildman–Crippen LogP) is 5.21. The summed E-state index contributed by atoms with van der Waals surface area (Å²) in [6.45, 7) is 0. The Balaban J connectivity index is 1.85. The van der Waals surface area contributed by atoms with Gasteiger partial charge in [-0.15, -0.1) is 0 Å². The largest absolute Gasteiger partial charge is 0.465 e. The fourth-order valence-electron chi connectivity index (χ4n) is 3.74. The zero-order chi connectivity index (χ0) is 21.4. The van der Waals surface area contributed by atoms with Crippen LogP contribution in [0, 0.1) is 5.82 Å². The Kier molecular flexibility index (Phi) is 5.62. The summed E-state index contributed by atoms with van der Waals surface area (Å²) in [4.78, 5) is 25.0. The number of ketones is 1. The standard InChI is InChI=1S/C22H17Cl2FN2O3/c1-30-22(29)12-9-10-18(16(25)11-12)27-17-8-3-2-5-13(17)20(26-27)21(28)19-14(23)6-4-7-15(19)24/h4,6-7,9-11H,2-3,5,8H2,1H3. The molecule has 3 aromatic rings. The van der Waals surface area contributed by atoms with Gasteiger partial charge in [0, 0.05) is 11.3 Å². The highest BCUT2D eigenvalue weighted by atomic mass is 35.5. The molecule has 8 heteroatoms. The summed E-state index contributed by atoms with van der Waals surface area (Å²) in [6.07, 6.45) is 3.12. The SMILES string of the molecule is COC(=O)c1ccc(-n2nc(C(=O)c3c(Cl)cccc3Cl)c3c2CCCC3)c(F)c1. The Morgan fingerprint density at radius 3 is 2.47 bits per heavy atom. The maximum absolute atomic E-state index is 14.9. The minimum absolute atomic E-state index is 0.0962. The van der Waals surface area contributed by atoms with Gasteiger partial charge in [0.05, 0.1) is 28.3 Å². The molecule has 0 amide bonds. The normalized spacial score (nSPS) is 13.1. The Hall–Kier alpha value is -2.70. The molecule has 2 aromatic carbocycles. The predicted molar refractivity (Wildman–Crippen MR) is 111 cm³/mol. The third-order valence-electron chi connectivity index (χ3n) is 5.18. The van der Waals surface area contributed by atoms with E-state index in [1.165, 1.54) is 23.9 Å². The zero-order valence-electron chi connectivity index (χ0n) is 16.0. The first-order chi connectivity index (χ1) is 14.4. The minimum atomic E-state index is -0.636. The molecule has 4 rings (SSSR count). The van der Waals surface area contributed by atoms with Crippen molar-refractivity contribution in [3.05, 3.63) is 80.3 Å². The first-order valence-corrected chi connectivity index (χ1v) is 10.2. The second-order valence-corrected chi connectivity index (χ2v) is 7.79. The lowest BCUT2D eigenvalue weighted by atomic mass is 9.93. The number of carbonyl (C=O) groups excluding carboxylic acids is 2. The number of methoxy groups -OCH3 is 1. The van der Waals surface area contributed by atoms with Crippen LogP contribution in [0.4, 0.5) is 4.39 Å². The van der Waals surface area contributed by atoms with E-state index in [1.54, 1.807) is 18.2 Å². The molecule has 154 valence electrons. The first-order valence-electron chi connectivity index (χ1n) is 9.40.